The zero-order chi connectivity index (χ0) is 14.0. The van der Waals surface area contributed by atoms with Crippen molar-refractivity contribution in [1.82, 2.24) is 0 Å². The van der Waals surface area contributed by atoms with Gasteiger partial charge in [0.2, 0.25) is 0 Å². The molecule has 102 valence electrons. The average Bonchev–Trinajstić information content (AvgIpc) is 2.31. The molecule has 0 aliphatic carbocycles. The van der Waals surface area contributed by atoms with Crippen molar-refractivity contribution in [2.45, 2.75) is 6.36 Å². The van der Waals surface area contributed by atoms with Gasteiger partial charge in [-0.2, -0.15) is 0 Å². The Labute approximate surface area is 105 Å². The molecule has 1 aromatic rings. The van der Waals surface area contributed by atoms with Gasteiger partial charge < -0.3 is 19.8 Å². The van der Waals surface area contributed by atoms with Gasteiger partial charge in [0.05, 0.1) is 12.9 Å². The van der Waals surface area contributed by atoms with E-state index in [9.17, 15) is 18.3 Å². The van der Waals surface area contributed by atoms with Crippen molar-refractivity contribution in [1.29, 1.82) is 0 Å². The van der Waals surface area contributed by atoms with Gasteiger partial charge in [-0.15, -0.1) is 13.2 Å². The Morgan fingerprint density at radius 2 is 2.00 bits per heavy atom. The fraction of sp³-hybridized carbons (Fsp3) is 0.182. The number of halogens is 3. The van der Waals surface area contributed by atoms with E-state index in [1.54, 1.807) is 0 Å². The molecule has 0 radical (unpaired) electrons. The molecular weight excluding hydrogens is 265 g/mol. The summed E-state index contributed by atoms with van der Waals surface area (Å²) in [4.78, 5) is 4.86. The maximum absolute atomic E-state index is 12.1. The summed E-state index contributed by atoms with van der Waals surface area (Å²) < 4.78 is 40.0. The molecule has 1 aliphatic heterocycles. The number of alkyl halides is 3. The van der Waals surface area contributed by atoms with E-state index >= 15 is 0 Å². The molecule has 0 spiro atoms. The molecule has 0 aromatic heterocycles. The molecule has 2 N–H and O–H groups in total. The maximum atomic E-state index is 12.1. The standard InChI is InChI=1S/C11H9F3N2O3/c12-11(13,14)19-8-3-1-2-7(4-8)16-5-9(17)10(18)15-6-16/h1-4,6,17-18H,5H2. The van der Waals surface area contributed by atoms with Gasteiger partial charge in [0.15, 0.2) is 5.76 Å². The van der Waals surface area contributed by atoms with E-state index in [4.69, 9.17) is 5.11 Å². The fourth-order valence-corrected chi connectivity index (χ4v) is 1.49. The molecule has 5 nitrogen and oxygen atoms in total. The number of hydrogen-bond acceptors (Lipinski definition) is 5. The summed E-state index contributed by atoms with van der Waals surface area (Å²) in [5.41, 5.74) is 0.338. The smallest absolute Gasteiger partial charge is 0.505 e. The van der Waals surface area contributed by atoms with Gasteiger partial charge in [-0.3, -0.25) is 0 Å². The number of anilines is 1. The highest BCUT2D eigenvalue weighted by Gasteiger charge is 2.31. The van der Waals surface area contributed by atoms with Crippen LogP contribution in [0.2, 0.25) is 0 Å². The average molecular weight is 274 g/mol. The Morgan fingerprint density at radius 1 is 1.26 bits per heavy atom. The summed E-state index contributed by atoms with van der Waals surface area (Å²) in [6.07, 6.45) is -3.57. The van der Waals surface area contributed by atoms with Crippen LogP contribution in [0, 0.1) is 0 Å². The van der Waals surface area contributed by atoms with Crippen LogP contribution in [0.25, 0.3) is 0 Å². The molecule has 1 aliphatic rings. The van der Waals surface area contributed by atoms with Gasteiger partial charge in [-0.05, 0) is 12.1 Å². The molecule has 1 aromatic carbocycles. The maximum Gasteiger partial charge on any atom is 0.573 e. The van der Waals surface area contributed by atoms with Crippen LogP contribution in [0.4, 0.5) is 18.9 Å². The zero-order valence-electron chi connectivity index (χ0n) is 9.42. The lowest BCUT2D eigenvalue weighted by Crippen LogP contribution is -2.27. The highest BCUT2D eigenvalue weighted by molar-refractivity contribution is 5.81. The van der Waals surface area contributed by atoms with Gasteiger partial charge in [0.1, 0.15) is 5.75 Å². The topological polar surface area (TPSA) is 65.3 Å². The van der Waals surface area contributed by atoms with Crippen molar-refractivity contribution < 1.29 is 28.1 Å². The summed E-state index contributed by atoms with van der Waals surface area (Å²) >= 11 is 0. The predicted molar refractivity (Wildman–Crippen MR) is 61.2 cm³/mol. The molecule has 0 bridgehead atoms. The van der Waals surface area contributed by atoms with E-state index in [-0.39, 0.29) is 18.1 Å². The van der Waals surface area contributed by atoms with Crippen molar-refractivity contribution in [3.05, 3.63) is 35.9 Å². The Hall–Kier alpha value is -2.38. The second kappa shape index (κ2) is 4.71. The van der Waals surface area contributed by atoms with Crippen LogP contribution in [0.3, 0.4) is 0 Å². The monoisotopic (exact) mass is 274 g/mol. The normalized spacial score (nSPS) is 15.8. The zero-order valence-corrected chi connectivity index (χ0v) is 9.42. The summed E-state index contributed by atoms with van der Waals surface area (Å²) in [5, 5.41) is 18.4. The predicted octanol–water partition coefficient (Wildman–Crippen LogP) is 2.72. The van der Waals surface area contributed by atoms with E-state index in [1.807, 2.05) is 0 Å². The van der Waals surface area contributed by atoms with Gasteiger partial charge in [-0.25, -0.2) is 4.99 Å². The molecular formula is C11H9F3N2O3. The Balaban J connectivity index is 2.19. The highest BCUT2D eigenvalue weighted by Crippen LogP contribution is 2.27. The number of ether oxygens (including phenoxy) is 1. The first-order chi connectivity index (χ1) is 8.85. The van der Waals surface area contributed by atoms with Gasteiger partial charge in [-0.1, -0.05) is 6.07 Å². The minimum absolute atomic E-state index is 0.0925. The molecule has 19 heavy (non-hydrogen) atoms. The van der Waals surface area contributed by atoms with Crippen LogP contribution in [-0.2, 0) is 0 Å². The molecule has 0 fully saturated rings. The third kappa shape index (κ3) is 3.30. The SMILES string of the molecule is OC1=C(O)N=CN(c2cccc(OC(F)(F)F)c2)C1. The van der Waals surface area contributed by atoms with E-state index in [0.717, 1.165) is 12.1 Å². The van der Waals surface area contributed by atoms with Crippen molar-refractivity contribution in [2.75, 3.05) is 11.4 Å². The quantitative estimate of drug-likeness (QED) is 0.870. The number of benzene rings is 1. The molecule has 0 saturated carbocycles. The van der Waals surface area contributed by atoms with E-state index in [0.29, 0.717) is 5.69 Å². The number of hydrogen-bond donors (Lipinski definition) is 2. The largest absolute Gasteiger partial charge is 0.573 e. The van der Waals surface area contributed by atoms with Crippen LogP contribution in [-0.4, -0.2) is 29.5 Å². The van der Waals surface area contributed by atoms with Crippen LogP contribution >= 0.6 is 0 Å². The van der Waals surface area contributed by atoms with Crippen LogP contribution in [0.15, 0.2) is 40.9 Å². The summed E-state index contributed by atoms with van der Waals surface area (Å²) in [5.74, 6) is -1.26. The number of aliphatic hydroxyl groups is 2. The van der Waals surface area contributed by atoms with Gasteiger partial charge in [0, 0.05) is 11.8 Å². The van der Waals surface area contributed by atoms with E-state index in [2.05, 4.69) is 9.73 Å². The lowest BCUT2D eigenvalue weighted by Gasteiger charge is -2.22. The van der Waals surface area contributed by atoms with Crippen LogP contribution in [0.1, 0.15) is 0 Å². The third-order valence-corrected chi connectivity index (χ3v) is 2.28. The molecule has 1 heterocycles. The molecule has 8 heteroatoms. The Bertz CT molecular complexity index is 540. The number of aliphatic hydroxyl groups excluding tert-OH is 2. The lowest BCUT2D eigenvalue weighted by atomic mass is 10.2. The summed E-state index contributed by atoms with van der Waals surface area (Å²) in [7, 11) is 0. The van der Waals surface area contributed by atoms with E-state index in [1.165, 1.54) is 23.4 Å². The first-order valence-corrected chi connectivity index (χ1v) is 5.13. The lowest BCUT2D eigenvalue weighted by molar-refractivity contribution is -0.274. The first kappa shape index (κ1) is 13.1. The number of nitrogens with zero attached hydrogens (tertiary/aromatic N) is 2. The van der Waals surface area contributed by atoms with Crippen LogP contribution < -0.4 is 9.64 Å². The van der Waals surface area contributed by atoms with Crippen molar-refractivity contribution in [3.63, 3.8) is 0 Å². The second-order valence-electron chi connectivity index (χ2n) is 3.69. The highest BCUT2D eigenvalue weighted by atomic mass is 19.4. The van der Waals surface area contributed by atoms with Gasteiger partial charge in [0.25, 0.3) is 5.88 Å². The van der Waals surface area contributed by atoms with Crippen molar-refractivity contribution >= 4 is 12.0 Å². The molecule has 0 unspecified atom stereocenters. The first-order valence-electron chi connectivity index (χ1n) is 5.13. The second-order valence-corrected chi connectivity index (χ2v) is 3.69. The summed E-state index contributed by atoms with van der Waals surface area (Å²) in [6.45, 7) is -0.0925. The molecule has 0 saturated heterocycles. The summed E-state index contributed by atoms with van der Waals surface area (Å²) in [6, 6.07) is 5.20. The third-order valence-electron chi connectivity index (χ3n) is 2.28. The molecule has 2 rings (SSSR count). The van der Waals surface area contributed by atoms with Crippen molar-refractivity contribution in [2.24, 2.45) is 4.99 Å². The van der Waals surface area contributed by atoms with E-state index < -0.39 is 12.2 Å². The minimum Gasteiger partial charge on any atom is -0.505 e. The number of aliphatic imine (C=N–C) groups is 1. The number of rotatable bonds is 2. The Morgan fingerprint density at radius 3 is 2.63 bits per heavy atom. The fourth-order valence-electron chi connectivity index (χ4n) is 1.49. The van der Waals surface area contributed by atoms with Crippen molar-refractivity contribution in [3.8, 4) is 5.75 Å². The van der Waals surface area contributed by atoms with Gasteiger partial charge >= 0.3 is 6.36 Å². The Kier molecular flexibility index (Phi) is 3.24. The minimum atomic E-state index is -4.77. The van der Waals surface area contributed by atoms with Crippen LogP contribution in [0.5, 0.6) is 5.75 Å². The molecule has 0 atom stereocenters. The molecule has 0 amide bonds.